The Bertz CT molecular complexity index is 1520. The summed E-state index contributed by atoms with van der Waals surface area (Å²) in [5.74, 6) is 0. The van der Waals surface area contributed by atoms with Crippen LogP contribution in [-0.4, -0.2) is 0 Å². The van der Waals surface area contributed by atoms with E-state index in [2.05, 4.69) is 76.1 Å². The second-order valence-corrected chi connectivity index (χ2v) is 10.9. The van der Waals surface area contributed by atoms with Crippen molar-refractivity contribution in [1.82, 2.24) is 0 Å². The van der Waals surface area contributed by atoms with Crippen molar-refractivity contribution in [1.29, 1.82) is 0 Å². The molecule has 0 saturated carbocycles. The van der Waals surface area contributed by atoms with E-state index in [9.17, 15) is 25.2 Å². The molecule has 31 heavy (non-hydrogen) atoms. The molecule has 0 aliphatic heterocycles. The van der Waals surface area contributed by atoms with E-state index in [1.807, 2.05) is 22.7 Å². The average molecular weight is 487 g/mol. The fraction of sp³-hybridized carbons (Fsp3) is 0. The zero-order valence-electron chi connectivity index (χ0n) is 15.4. The van der Waals surface area contributed by atoms with Crippen molar-refractivity contribution < 1.29 is 29.6 Å². The van der Waals surface area contributed by atoms with Crippen molar-refractivity contribution in [3.05, 3.63) is 71.7 Å². The monoisotopic (exact) mass is 487 g/mol. The summed E-state index contributed by atoms with van der Waals surface area (Å²) in [6.07, 6.45) is 4.36. The Labute approximate surface area is 179 Å². The molecule has 160 valence electrons. The number of thiophene rings is 2. The van der Waals surface area contributed by atoms with Gasteiger partial charge in [-0.1, -0.05) is 12.1 Å². The second-order valence-electron chi connectivity index (χ2n) is 7.07. The molecular formula is C21H12F6NPS2. The third-order valence-corrected chi connectivity index (χ3v) is 6.66. The number of nitrogens with zero attached hydrogens (tertiary/aromatic N) is 1. The van der Waals surface area contributed by atoms with Gasteiger partial charge in [-0.05, 0) is 45.8 Å². The first kappa shape index (κ1) is 20.4. The Morgan fingerprint density at radius 2 is 1.00 bits per heavy atom. The van der Waals surface area contributed by atoms with Crippen LogP contribution in [-0.2, 0) is 0 Å². The van der Waals surface area contributed by atoms with Crippen LogP contribution in [0.15, 0.2) is 71.7 Å². The summed E-state index contributed by atoms with van der Waals surface area (Å²) in [5.41, 5.74) is 1.32. The van der Waals surface area contributed by atoms with E-state index < -0.39 is 7.81 Å². The maximum Gasteiger partial charge on any atom is 0.227 e. The van der Waals surface area contributed by atoms with Crippen molar-refractivity contribution in [2.75, 3.05) is 0 Å². The zero-order valence-corrected chi connectivity index (χ0v) is 17.9. The van der Waals surface area contributed by atoms with Crippen LogP contribution < -0.4 is 4.40 Å². The molecule has 0 N–H and O–H groups in total. The van der Waals surface area contributed by atoms with Gasteiger partial charge >= 0.3 is 33.0 Å². The van der Waals surface area contributed by atoms with Gasteiger partial charge in [0.1, 0.15) is 0 Å². The van der Waals surface area contributed by atoms with Crippen LogP contribution in [0.2, 0.25) is 0 Å². The van der Waals surface area contributed by atoms with Crippen LogP contribution >= 0.6 is 30.5 Å². The molecule has 0 amide bonds. The minimum absolute atomic E-state index is 1.31. The van der Waals surface area contributed by atoms with E-state index in [0.717, 1.165) is 0 Å². The number of rotatable bonds is 0. The first-order valence-electron chi connectivity index (χ1n) is 8.94. The van der Waals surface area contributed by atoms with Gasteiger partial charge in [-0.25, -0.2) is 0 Å². The van der Waals surface area contributed by atoms with E-state index in [0.29, 0.717) is 0 Å². The van der Waals surface area contributed by atoms with Crippen molar-refractivity contribution in [3.8, 4) is 0 Å². The fourth-order valence-electron chi connectivity index (χ4n) is 3.83. The second kappa shape index (κ2) is 6.06. The molecule has 0 bridgehead atoms. The molecule has 0 fully saturated rings. The molecule has 0 aliphatic carbocycles. The minimum Gasteiger partial charge on any atom is -0.166 e. The molecule has 0 radical (unpaired) electrons. The van der Waals surface area contributed by atoms with Crippen molar-refractivity contribution in [2.45, 2.75) is 0 Å². The summed E-state index contributed by atoms with van der Waals surface area (Å²) in [6, 6.07) is 17.9. The molecule has 4 heterocycles. The fourth-order valence-corrected chi connectivity index (χ4v) is 5.42. The van der Waals surface area contributed by atoms with Gasteiger partial charge in [-0.15, -0.1) is 22.7 Å². The Balaban J connectivity index is 0.000000256. The molecule has 0 atom stereocenters. The normalized spacial score (nSPS) is 14.6. The number of pyridine rings is 2. The molecular weight excluding hydrogens is 475 g/mol. The number of halogens is 6. The first-order valence-corrected chi connectivity index (χ1v) is 12.7. The molecule has 4 aromatic heterocycles. The van der Waals surface area contributed by atoms with E-state index >= 15 is 0 Å². The van der Waals surface area contributed by atoms with Crippen molar-refractivity contribution in [2.24, 2.45) is 0 Å². The van der Waals surface area contributed by atoms with Gasteiger partial charge in [0.15, 0.2) is 12.4 Å². The van der Waals surface area contributed by atoms with E-state index in [4.69, 9.17) is 0 Å². The Morgan fingerprint density at radius 3 is 1.42 bits per heavy atom. The number of hydrogen-bond donors (Lipinski definition) is 0. The minimum atomic E-state index is -10.7. The molecule has 0 spiro atoms. The van der Waals surface area contributed by atoms with Crippen LogP contribution in [0.5, 0.6) is 0 Å². The predicted molar refractivity (Wildman–Crippen MR) is 119 cm³/mol. The average Bonchev–Trinajstić information content (AvgIpc) is 3.33. The number of benzene rings is 2. The molecule has 6 rings (SSSR count). The smallest absolute Gasteiger partial charge is 0.166 e. The van der Waals surface area contributed by atoms with Gasteiger partial charge in [0.2, 0.25) is 5.52 Å². The standard InChI is InChI=1S/C21H12NS2.F6P/c1-3-17-15(7-11-23-17)19-13(1)5-9-22-10-6-14-2-4-18-16(8-12-24-18)20(14)21(19)22;1-7(2,3,4,5)6/h1-12H;/q+1;-1. The van der Waals surface area contributed by atoms with Crippen LogP contribution in [0.3, 0.4) is 0 Å². The quantitative estimate of drug-likeness (QED) is 0.0870. The summed E-state index contributed by atoms with van der Waals surface area (Å²) in [6.45, 7) is 0. The SMILES string of the molecule is F[P-](F)(F)(F)(F)F.c1cc2c(ccc3cc[n+]4ccc5ccc6sccc6c5c4c32)s1. The Hall–Kier alpha value is -2.48. The number of hydrogen-bond acceptors (Lipinski definition) is 2. The summed E-state index contributed by atoms with van der Waals surface area (Å²) in [5, 5.41) is 12.4. The zero-order chi connectivity index (χ0) is 22.1. The van der Waals surface area contributed by atoms with Gasteiger partial charge in [0.05, 0.1) is 10.8 Å². The molecule has 0 aliphatic rings. The van der Waals surface area contributed by atoms with Gasteiger partial charge < -0.3 is 0 Å². The molecule has 10 heteroatoms. The Kier molecular flexibility index (Phi) is 3.99. The summed E-state index contributed by atoms with van der Waals surface area (Å²) >= 11 is 3.63. The topological polar surface area (TPSA) is 4.10 Å². The first-order chi connectivity index (χ1) is 14.3. The molecule has 2 aromatic carbocycles. The molecule has 6 aromatic rings. The number of fused-ring (bicyclic) bond motifs is 9. The van der Waals surface area contributed by atoms with Crippen LogP contribution in [0.25, 0.3) is 47.2 Å². The third-order valence-electron chi connectivity index (χ3n) is 4.90. The summed E-state index contributed by atoms with van der Waals surface area (Å²) in [4.78, 5) is 0. The Morgan fingerprint density at radius 1 is 0.581 bits per heavy atom. The van der Waals surface area contributed by atoms with Gasteiger partial charge in [0, 0.05) is 32.3 Å². The van der Waals surface area contributed by atoms with Gasteiger partial charge in [-0.3, -0.25) is 0 Å². The summed E-state index contributed by atoms with van der Waals surface area (Å²) < 4.78 is 64.2. The largest absolute Gasteiger partial charge is 0.227 e. The van der Waals surface area contributed by atoms with Crippen molar-refractivity contribution >= 4 is 77.7 Å². The van der Waals surface area contributed by atoms with Crippen LogP contribution in [0, 0.1) is 0 Å². The van der Waals surface area contributed by atoms with E-state index in [1.165, 1.54) is 47.2 Å². The maximum atomic E-state index is 9.87. The van der Waals surface area contributed by atoms with E-state index in [-0.39, 0.29) is 0 Å². The number of aromatic nitrogens is 1. The summed E-state index contributed by atoms with van der Waals surface area (Å²) in [7, 11) is -10.7. The van der Waals surface area contributed by atoms with Crippen LogP contribution in [0.4, 0.5) is 25.2 Å². The maximum absolute atomic E-state index is 10.7. The molecule has 0 saturated heterocycles. The van der Waals surface area contributed by atoms with Crippen molar-refractivity contribution in [3.63, 3.8) is 0 Å². The van der Waals surface area contributed by atoms with Crippen LogP contribution in [0.1, 0.15) is 0 Å². The van der Waals surface area contributed by atoms with Gasteiger partial charge in [0.25, 0.3) is 0 Å². The predicted octanol–water partition coefficient (Wildman–Crippen LogP) is 9.54. The third kappa shape index (κ3) is 4.18. The van der Waals surface area contributed by atoms with Gasteiger partial charge in [-0.2, -0.15) is 4.40 Å². The molecule has 0 unspecified atom stereocenters. The molecule has 1 nitrogen and oxygen atoms in total. The van der Waals surface area contributed by atoms with E-state index in [1.54, 1.807) is 0 Å².